The summed E-state index contributed by atoms with van der Waals surface area (Å²) in [6, 6.07) is 10.8. The molecule has 2 atom stereocenters. The summed E-state index contributed by atoms with van der Waals surface area (Å²) in [4.78, 5) is 56.1. The molecule has 1 aliphatic rings. The van der Waals surface area contributed by atoms with Crippen LogP contribution >= 0.6 is 0 Å². The number of amides is 2. The van der Waals surface area contributed by atoms with Gasteiger partial charge < -0.3 is 37.3 Å². The molecule has 0 fully saturated rings. The predicted octanol–water partition coefficient (Wildman–Crippen LogP) is 1.15. The summed E-state index contributed by atoms with van der Waals surface area (Å²) in [6.07, 6.45) is 2.22. The van der Waals surface area contributed by atoms with Gasteiger partial charge in [0.1, 0.15) is 6.04 Å². The molecule has 2 aromatic carbocycles. The quantitative estimate of drug-likeness (QED) is 0.130. The SMILES string of the molecule is COC(=O)[C@H](CCCN1C(=O)c2cc(N)ccc2C1O)NC(=O)c1ccc(CCc2cnc3nc(N)nc(N)c3n2)cc1. The molecular formula is C29H31N9O5. The first-order valence-corrected chi connectivity index (χ1v) is 13.5. The minimum absolute atomic E-state index is 0.0325. The second-order valence-electron chi connectivity index (χ2n) is 10.1. The number of carbonyl (C=O) groups is 3. The lowest BCUT2D eigenvalue weighted by molar-refractivity contribution is -0.143. The second kappa shape index (κ2) is 12.2. The van der Waals surface area contributed by atoms with E-state index in [-0.39, 0.29) is 30.6 Å². The van der Waals surface area contributed by atoms with E-state index in [0.29, 0.717) is 58.5 Å². The highest BCUT2D eigenvalue weighted by atomic mass is 16.5. The number of ether oxygens (including phenoxy) is 1. The van der Waals surface area contributed by atoms with Crippen LogP contribution in [0.25, 0.3) is 11.2 Å². The lowest BCUT2D eigenvalue weighted by atomic mass is 10.0. The first kappa shape index (κ1) is 29.1. The number of hydrogen-bond donors (Lipinski definition) is 5. The topological polar surface area (TPSA) is 226 Å². The van der Waals surface area contributed by atoms with E-state index in [2.05, 4.69) is 25.3 Å². The van der Waals surface area contributed by atoms with Crippen LogP contribution in [0.2, 0.25) is 0 Å². The summed E-state index contributed by atoms with van der Waals surface area (Å²) in [6.45, 7) is 0.169. The molecule has 14 heteroatoms. The Balaban J connectivity index is 1.16. The zero-order valence-electron chi connectivity index (χ0n) is 23.4. The van der Waals surface area contributed by atoms with E-state index in [1.165, 1.54) is 18.1 Å². The van der Waals surface area contributed by atoms with Gasteiger partial charge in [0, 0.05) is 28.9 Å². The van der Waals surface area contributed by atoms with Crippen molar-refractivity contribution in [3.8, 4) is 0 Å². The largest absolute Gasteiger partial charge is 0.467 e. The molecule has 1 aliphatic heterocycles. The third-order valence-electron chi connectivity index (χ3n) is 7.21. The van der Waals surface area contributed by atoms with Crippen LogP contribution < -0.4 is 22.5 Å². The van der Waals surface area contributed by atoms with Gasteiger partial charge in [-0.05, 0) is 55.5 Å². The molecule has 0 bridgehead atoms. The fraction of sp³-hybridized carbons (Fsp3) is 0.276. The van der Waals surface area contributed by atoms with E-state index < -0.39 is 24.1 Å². The maximum atomic E-state index is 13.0. The molecule has 0 saturated carbocycles. The van der Waals surface area contributed by atoms with Crippen molar-refractivity contribution in [2.24, 2.45) is 0 Å². The molecule has 2 amide bonds. The lowest BCUT2D eigenvalue weighted by Gasteiger charge is -2.22. The highest BCUT2D eigenvalue weighted by Gasteiger charge is 2.35. The van der Waals surface area contributed by atoms with Crippen molar-refractivity contribution in [1.29, 1.82) is 0 Å². The first-order valence-electron chi connectivity index (χ1n) is 13.5. The van der Waals surface area contributed by atoms with Crippen molar-refractivity contribution in [2.45, 2.75) is 38.0 Å². The number of fused-ring (bicyclic) bond motifs is 2. The number of aromatic nitrogens is 4. The third-order valence-corrected chi connectivity index (χ3v) is 7.21. The van der Waals surface area contributed by atoms with Crippen LogP contribution in [0.5, 0.6) is 0 Å². The molecule has 3 heterocycles. The van der Waals surface area contributed by atoms with Crippen molar-refractivity contribution in [1.82, 2.24) is 30.2 Å². The first-order chi connectivity index (χ1) is 20.6. The normalized spacial score (nSPS) is 14.9. The summed E-state index contributed by atoms with van der Waals surface area (Å²) < 4.78 is 4.88. The number of nitrogens with zero attached hydrogens (tertiary/aromatic N) is 5. The van der Waals surface area contributed by atoms with Crippen LogP contribution in [0.1, 0.15) is 56.6 Å². The number of benzene rings is 2. The molecular weight excluding hydrogens is 554 g/mol. The van der Waals surface area contributed by atoms with E-state index in [4.69, 9.17) is 21.9 Å². The summed E-state index contributed by atoms with van der Waals surface area (Å²) in [7, 11) is 1.24. The van der Waals surface area contributed by atoms with E-state index in [1.807, 2.05) is 12.1 Å². The molecule has 2 aromatic heterocycles. The molecule has 8 N–H and O–H groups in total. The van der Waals surface area contributed by atoms with Gasteiger partial charge in [0.25, 0.3) is 11.8 Å². The number of carbonyl (C=O) groups excluding carboxylic acids is 3. The van der Waals surface area contributed by atoms with Gasteiger partial charge in [-0.2, -0.15) is 9.97 Å². The van der Waals surface area contributed by atoms with Crippen molar-refractivity contribution in [2.75, 3.05) is 30.9 Å². The molecule has 0 saturated heterocycles. The summed E-state index contributed by atoms with van der Waals surface area (Å²) >= 11 is 0. The van der Waals surface area contributed by atoms with E-state index in [1.54, 1.807) is 30.5 Å². The van der Waals surface area contributed by atoms with Gasteiger partial charge in [-0.15, -0.1) is 0 Å². The Morgan fingerprint density at radius 3 is 2.58 bits per heavy atom. The number of aliphatic hydroxyl groups excluding tert-OH is 1. The van der Waals surface area contributed by atoms with Gasteiger partial charge in [0.15, 0.2) is 23.2 Å². The Kier molecular flexibility index (Phi) is 8.29. The molecule has 0 aliphatic carbocycles. The van der Waals surface area contributed by atoms with Crippen LogP contribution in [-0.2, 0) is 22.4 Å². The maximum Gasteiger partial charge on any atom is 0.328 e. The number of methoxy groups -OCH3 is 1. The van der Waals surface area contributed by atoms with E-state index >= 15 is 0 Å². The summed E-state index contributed by atoms with van der Waals surface area (Å²) in [5, 5.41) is 13.3. The molecule has 4 aromatic rings. The number of aliphatic hydroxyl groups is 1. The molecule has 1 unspecified atom stereocenters. The Morgan fingerprint density at radius 1 is 1.07 bits per heavy atom. The standard InChI is InChI=1S/C29H31N9O5/c1-43-28(42)21(3-2-12-38-26(40)19-11-9-17(30)13-20(19)27(38)41)35-25(39)16-7-4-15(5-8-16)6-10-18-14-33-24-22(34-18)23(31)36-29(32)37-24/h4-5,7-9,11,13-14,21,26,40H,2-3,6,10,12,30H2,1H3,(H,35,39)(H4,31,32,33,36,37)/t21-,26?/m0/s1. The summed E-state index contributed by atoms with van der Waals surface area (Å²) in [5.41, 5.74) is 21.3. The van der Waals surface area contributed by atoms with Gasteiger partial charge in [-0.3, -0.25) is 9.59 Å². The van der Waals surface area contributed by atoms with Crippen molar-refractivity contribution in [3.05, 3.63) is 76.6 Å². The van der Waals surface area contributed by atoms with Crippen LogP contribution in [0.4, 0.5) is 17.5 Å². The van der Waals surface area contributed by atoms with Gasteiger partial charge >= 0.3 is 5.97 Å². The maximum absolute atomic E-state index is 13.0. The van der Waals surface area contributed by atoms with Gasteiger partial charge in [0.05, 0.1) is 19.0 Å². The zero-order chi connectivity index (χ0) is 30.7. The highest BCUT2D eigenvalue weighted by molar-refractivity contribution is 6.00. The number of rotatable bonds is 10. The van der Waals surface area contributed by atoms with Crippen LogP contribution in [0.15, 0.2) is 48.7 Å². The smallest absolute Gasteiger partial charge is 0.328 e. The minimum atomic E-state index is -1.10. The average molecular weight is 586 g/mol. The second-order valence-corrected chi connectivity index (χ2v) is 10.1. The molecule has 5 rings (SSSR count). The van der Waals surface area contributed by atoms with Crippen molar-refractivity contribution < 1.29 is 24.2 Å². The van der Waals surface area contributed by atoms with E-state index in [9.17, 15) is 19.5 Å². The number of anilines is 3. The van der Waals surface area contributed by atoms with Crippen molar-refractivity contribution >= 4 is 46.4 Å². The Bertz CT molecular complexity index is 1700. The monoisotopic (exact) mass is 585 g/mol. The number of nitrogen functional groups attached to an aromatic ring is 3. The van der Waals surface area contributed by atoms with Crippen LogP contribution in [0, 0.1) is 0 Å². The zero-order valence-corrected chi connectivity index (χ0v) is 23.4. The summed E-state index contributed by atoms with van der Waals surface area (Å²) in [5.74, 6) is -1.21. The molecule has 0 radical (unpaired) electrons. The van der Waals surface area contributed by atoms with Crippen molar-refractivity contribution in [3.63, 3.8) is 0 Å². The number of esters is 1. The van der Waals surface area contributed by atoms with Crippen LogP contribution in [0.3, 0.4) is 0 Å². The number of nitrogens with one attached hydrogen (secondary N) is 1. The molecule has 14 nitrogen and oxygen atoms in total. The van der Waals surface area contributed by atoms with Crippen LogP contribution in [-0.4, -0.2) is 67.4 Å². The Morgan fingerprint density at radius 2 is 1.84 bits per heavy atom. The fourth-order valence-electron chi connectivity index (χ4n) is 4.94. The average Bonchev–Trinajstić information content (AvgIpc) is 3.23. The molecule has 222 valence electrons. The number of aryl methyl sites for hydroxylation is 2. The molecule has 43 heavy (non-hydrogen) atoms. The Hall–Kier alpha value is -5.37. The Labute approximate surface area is 246 Å². The fourth-order valence-corrected chi connectivity index (χ4v) is 4.94. The minimum Gasteiger partial charge on any atom is -0.467 e. The molecule has 0 spiro atoms. The van der Waals surface area contributed by atoms with E-state index in [0.717, 1.165) is 5.56 Å². The number of hydrogen-bond acceptors (Lipinski definition) is 12. The highest BCUT2D eigenvalue weighted by Crippen LogP contribution is 2.33. The lowest BCUT2D eigenvalue weighted by Crippen LogP contribution is -2.42. The van der Waals surface area contributed by atoms with Gasteiger partial charge in [0.2, 0.25) is 5.95 Å². The number of nitrogens with two attached hydrogens (primary N) is 3. The van der Waals surface area contributed by atoms with Gasteiger partial charge in [-0.25, -0.2) is 14.8 Å². The third kappa shape index (κ3) is 6.28. The predicted molar refractivity (Wildman–Crippen MR) is 157 cm³/mol. The van der Waals surface area contributed by atoms with Gasteiger partial charge in [-0.1, -0.05) is 18.2 Å².